The summed E-state index contributed by atoms with van der Waals surface area (Å²) >= 11 is 0. The van der Waals surface area contributed by atoms with Crippen molar-refractivity contribution in [3.05, 3.63) is 48.0 Å². The Morgan fingerprint density at radius 1 is 1.16 bits per heavy atom. The summed E-state index contributed by atoms with van der Waals surface area (Å²) in [7, 11) is 4.07. The first-order valence-corrected chi connectivity index (χ1v) is 6.39. The maximum Gasteiger partial charge on any atom is 0.0835 e. The first-order chi connectivity index (χ1) is 9.08. The largest absolute Gasteiger partial charge is 0.378 e. The second kappa shape index (κ2) is 5.69. The van der Waals surface area contributed by atoms with E-state index in [0.717, 1.165) is 17.1 Å². The average Bonchev–Trinajstić information content (AvgIpc) is 2.39. The van der Waals surface area contributed by atoms with Crippen LogP contribution >= 0.6 is 0 Å². The molecule has 1 N–H and O–H groups in total. The van der Waals surface area contributed by atoms with E-state index in [-0.39, 0.29) is 6.04 Å². The van der Waals surface area contributed by atoms with Gasteiger partial charge in [-0.1, -0.05) is 6.07 Å². The van der Waals surface area contributed by atoms with Crippen molar-refractivity contribution in [3.63, 3.8) is 0 Å². The molecule has 4 nitrogen and oxygen atoms in total. The highest BCUT2D eigenvalue weighted by Gasteiger charge is 2.10. The molecule has 19 heavy (non-hydrogen) atoms. The summed E-state index contributed by atoms with van der Waals surface area (Å²) in [5.41, 5.74) is 4.21. The molecule has 2 aromatic rings. The van der Waals surface area contributed by atoms with Crippen molar-refractivity contribution in [2.24, 2.45) is 0 Å². The van der Waals surface area contributed by atoms with Gasteiger partial charge >= 0.3 is 0 Å². The van der Waals surface area contributed by atoms with E-state index in [1.54, 1.807) is 12.4 Å². The molecule has 0 aliphatic heterocycles. The van der Waals surface area contributed by atoms with Gasteiger partial charge in [0.05, 0.1) is 17.4 Å². The number of benzene rings is 1. The molecular weight excluding hydrogens is 236 g/mol. The molecule has 0 aliphatic carbocycles. The summed E-state index contributed by atoms with van der Waals surface area (Å²) in [6.07, 6.45) is 3.45. The van der Waals surface area contributed by atoms with Gasteiger partial charge in [-0.25, -0.2) is 0 Å². The zero-order valence-electron chi connectivity index (χ0n) is 11.9. The summed E-state index contributed by atoms with van der Waals surface area (Å²) in [4.78, 5) is 10.8. The van der Waals surface area contributed by atoms with E-state index < -0.39 is 0 Å². The maximum atomic E-state index is 4.40. The van der Waals surface area contributed by atoms with Gasteiger partial charge in [-0.2, -0.15) is 0 Å². The van der Waals surface area contributed by atoms with Crippen LogP contribution in [-0.2, 0) is 0 Å². The Hall–Kier alpha value is -2.10. The highest BCUT2D eigenvalue weighted by Crippen LogP contribution is 2.22. The molecule has 1 unspecified atom stereocenters. The van der Waals surface area contributed by atoms with Crippen LogP contribution in [0.1, 0.15) is 24.4 Å². The molecule has 1 aromatic carbocycles. The van der Waals surface area contributed by atoms with Crippen LogP contribution in [0.5, 0.6) is 0 Å². The normalized spacial score (nSPS) is 12.0. The van der Waals surface area contributed by atoms with Crippen molar-refractivity contribution in [2.75, 3.05) is 24.3 Å². The van der Waals surface area contributed by atoms with Crippen LogP contribution in [0.3, 0.4) is 0 Å². The van der Waals surface area contributed by atoms with E-state index in [1.807, 2.05) is 27.1 Å². The highest BCUT2D eigenvalue weighted by molar-refractivity contribution is 5.58. The van der Waals surface area contributed by atoms with Crippen LogP contribution in [0.2, 0.25) is 0 Å². The average molecular weight is 256 g/mol. The smallest absolute Gasteiger partial charge is 0.0835 e. The molecule has 0 aliphatic rings. The minimum atomic E-state index is 0.131. The molecule has 0 amide bonds. The number of hydrogen-bond acceptors (Lipinski definition) is 4. The van der Waals surface area contributed by atoms with Gasteiger partial charge in [0, 0.05) is 37.9 Å². The molecule has 0 saturated heterocycles. The first kappa shape index (κ1) is 13.3. The number of nitrogens with zero attached hydrogens (tertiary/aromatic N) is 3. The lowest BCUT2D eigenvalue weighted by Gasteiger charge is -2.18. The van der Waals surface area contributed by atoms with Gasteiger partial charge in [0.2, 0.25) is 0 Å². The third-order valence-corrected chi connectivity index (χ3v) is 3.08. The van der Waals surface area contributed by atoms with Crippen LogP contribution in [0, 0.1) is 6.92 Å². The predicted octanol–water partition coefficient (Wildman–Crippen LogP) is 3.02. The standard InChI is InChI=1S/C15H20N4/c1-11-15(17-9-8-16-11)12(2)18-13-6-5-7-14(10-13)19(3)4/h5-10,12,18H,1-4H3. The molecule has 0 radical (unpaired) electrons. The summed E-state index contributed by atoms with van der Waals surface area (Å²) in [5.74, 6) is 0. The fourth-order valence-electron chi connectivity index (χ4n) is 2.04. The molecule has 1 aromatic heterocycles. The number of anilines is 2. The zero-order valence-corrected chi connectivity index (χ0v) is 11.9. The Labute approximate surface area is 114 Å². The molecular formula is C15H20N4. The topological polar surface area (TPSA) is 41.1 Å². The van der Waals surface area contributed by atoms with Crippen LogP contribution in [-0.4, -0.2) is 24.1 Å². The monoisotopic (exact) mass is 256 g/mol. The molecule has 0 saturated carbocycles. The maximum absolute atomic E-state index is 4.40. The summed E-state index contributed by atoms with van der Waals surface area (Å²) in [6.45, 7) is 4.08. The molecule has 0 spiro atoms. The van der Waals surface area contributed by atoms with Gasteiger partial charge in [0.15, 0.2) is 0 Å². The summed E-state index contributed by atoms with van der Waals surface area (Å²) in [6, 6.07) is 8.46. The van der Waals surface area contributed by atoms with Gasteiger partial charge in [0.1, 0.15) is 0 Å². The van der Waals surface area contributed by atoms with Crippen molar-refractivity contribution in [1.82, 2.24) is 9.97 Å². The molecule has 0 bridgehead atoms. The van der Waals surface area contributed by atoms with Gasteiger partial charge in [-0.15, -0.1) is 0 Å². The lowest BCUT2D eigenvalue weighted by atomic mass is 10.1. The zero-order chi connectivity index (χ0) is 13.8. The Morgan fingerprint density at radius 3 is 2.58 bits per heavy atom. The van der Waals surface area contributed by atoms with Crippen molar-refractivity contribution in [3.8, 4) is 0 Å². The van der Waals surface area contributed by atoms with Crippen molar-refractivity contribution >= 4 is 11.4 Å². The Bertz CT molecular complexity index is 551. The summed E-state index contributed by atoms with van der Waals surface area (Å²) in [5, 5.41) is 3.47. The second-order valence-corrected chi connectivity index (χ2v) is 4.84. The minimum Gasteiger partial charge on any atom is -0.378 e. The SMILES string of the molecule is Cc1nccnc1C(C)Nc1cccc(N(C)C)c1. The fraction of sp³-hybridized carbons (Fsp3) is 0.333. The third-order valence-electron chi connectivity index (χ3n) is 3.08. The fourth-order valence-corrected chi connectivity index (χ4v) is 2.04. The van der Waals surface area contributed by atoms with Crippen LogP contribution in [0.15, 0.2) is 36.7 Å². The third kappa shape index (κ3) is 3.22. The minimum absolute atomic E-state index is 0.131. The van der Waals surface area contributed by atoms with Crippen LogP contribution in [0.4, 0.5) is 11.4 Å². The number of aryl methyl sites for hydroxylation is 1. The lowest BCUT2D eigenvalue weighted by molar-refractivity contribution is 0.810. The summed E-state index contributed by atoms with van der Waals surface area (Å²) < 4.78 is 0. The quantitative estimate of drug-likeness (QED) is 0.913. The van der Waals surface area contributed by atoms with Gasteiger partial charge in [-0.3, -0.25) is 9.97 Å². The number of nitrogens with one attached hydrogen (secondary N) is 1. The first-order valence-electron chi connectivity index (χ1n) is 6.39. The lowest BCUT2D eigenvalue weighted by Crippen LogP contribution is -2.12. The Morgan fingerprint density at radius 2 is 1.89 bits per heavy atom. The number of hydrogen-bond donors (Lipinski definition) is 1. The van der Waals surface area contributed by atoms with E-state index in [1.165, 1.54) is 5.69 Å². The van der Waals surface area contributed by atoms with Crippen LogP contribution in [0.25, 0.3) is 0 Å². The van der Waals surface area contributed by atoms with Gasteiger partial charge in [-0.05, 0) is 32.0 Å². The van der Waals surface area contributed by atoms with Crippen LogP contribution < -0.4 is 10.2 Å². The van der Waals surface area contributed by atoms with E-state index in [0.29, 0.717) is 0 Å². The molecule has 1 heterocycles. The predicted molar refractivity (Wildman–Crippen MR) is 79.6 cm³/mol. The highest BCUT2D eigenvalue weighted by atomic mass is 15.1. The van der Waals surface area contributed by atoms with Gasteiger partial charge < -0.3 is 10.2 Å². The van der Waals surface area contributed by atoms with Crippen molar-refractivity contribution in [2.45, 2.75) is 19.9 Å². The second-order valence-electron chi connectivity index (χ2n) is 4.84. The van der Waals surface area contributed by atoms with E-state index >= 15 is 0 Å². The van der Waals surface area contributed by atoms with E-state index in [9.17, 15) is 0 Å². The van der Waals surface area contributed by atoms with E-state index in [2.05, 4.69) is 45.3 Å². The van der Waals surface area contributed by atoms with Crippen molar-refractivity contribution < 1.29 is 0 Å². The Balaban J connectivity index is 2.17. The molecule has 2 rings (SSSR count). The van der Waals surface area contributed by atoms with Crippen molar-refractivity contribution in [1.29, 1.82) is 0 Å². The molecule has 0 fully saturated rings. The Kier molecular flexibility index (Phi) is 4.00. The molecule has 1 atom stereocenters. The molecule has 100 valence electrons. The number of rotatable bonds is 4. The van der Waals surface area contributed by atoms with Gasteiger partial charge in [0.25, 0.3) is 0 Å². The number of aromatic nitrogens is 2. The van der Waals surface area contributed by atoms with E-state index in [4.69, 9.17) is 0 Å². The molecule has 4 heteroatoms.